The van der Waals surface area contributed by atoms with Crippen LogP contribution in [0.2, 0.25) is 0 Å². The highest BCUT2D eigenvalue weighted by Gasteiger charge is 2.05. The maximum absolute atomic E-state index is 10.9. The molecule has 2 aromatic heterocycles. The van der Waals surface area contributed by atoms with Gasteiger partial charge in [0.1, 0.15) is 6.07 Å². The maximum Gasteiger partial charge on any atom is 0.304 e. The Morgan fingerprint density at radius 1 is 1.65 bits per heavy atom. The molecule has 0 fully saturated rings. The minimum Gasteiger partial charge on any atom is -0.395 e. The van der Waals surface area contributed by atoms with E-state index in [2.05, 4.69) is 15.3 Å². The lowest BCUT2D eigenvalue weighted by Crippen LogP contribution is -2.07. The SMILES string of the molecule is N#Cc1ccnc(NCc2csc(=O)[nH]2)c1N. The molecular weight excluding hydrogens is 238 g/mol. The number of aromatic nitrogens is 2. The lowest BCUT2D eigenvalue weighted by molar-refractivity contribution is 1.04. The van der Waals surface area contributed by atoms with Crippen molar-refractivity contribution >= 4 is 22.8 Å². The van der Waals surface area contributed by atoms with E-state index in [9.17, 15) is 4.79 Å². The largest absolute Gasteiger partial charge is 0.395 e. The van der Waals surface area contributed by atoms with Crippen molar-refractivity contribution in [2.45, 2.75) is 6.54 Å². The van der Waals surface area contributed by atoms with Gasteiger partial charge in [-0.15, -0.1) is 0 Å². The van der Waals surface area contributed by atoms with E-state index in [1.165, 1.54) is 6.20 Å². The number of nitrogens with two attached hydrogens (primary N) is 1. The summed E-state index contributed by atoms with van der Waals surface area (Å²) in [6.07, 6.45) is 1.51. The lowest BCUT2D eigenvalue weighted by atomic mass is 10.2. The van der Waals surface area contributed by atoms with Crippen molar-refractivity contribution in [1.82, 2.24) is 9.97 Å². The molecule has 2 aromatic rings. The number of hydrogen-bond acceptors (Lipinski definition) is 6. The van der Waals surface area contributed by atoms with Crippen LogP contribution in [0.25, 0.3) is 0 Å². The number of nitrogen functional groups attached to an aromatic ring is 1. The Morgan fingerprint density at radius 2 is 2.47 bits per heavy atom. The van der Waals surface area contributed by atoms with E-state index in [-0.39, 0.29) is 4.87 Å². The number of nitrogens with zero attached hydrogens (tertiary/aromatic N) is 2. The van der Waals surface area contributed by atoms with Gasteiger partial charge in [0, 0.05) is 17.3 Å². The Hall–Kier alpha value is -2.33. The van der Waals surface area contributed by atoms with Gasteiger partial charge < -0.3 is 16.0 Å². The number of hydrogen-bond donors (Lipinski definition) is 3. The van der Waals surface area contributed by atoms with Crippen LogP contribution in [0.3, 0.4) is 0 Å². The van der Waals surface area contributed by atoms with Crippen molar-refractivity contribution in [3.63, 3.8) is 0 Å². The van der Waals surface area contributed by atoms with E-state index in [0.717, 1.165) is 17.0 Å². The van der Waals surface area contributed by atoms with Gasteiger partial charge in [0.15, 0.2) is 5.82 Å². The third-order valence-electron chi connectivity index (χ3n) is 2.13. The number of rotatable bonds is 3. The second-order valence-electron chi connectivity index (χ2n) is 3.26. The number of aromatic amines is 1. The zero-order chi connectivity index (χ0) is 12.3. The Morgan fingerprint density at radius 3 is 3.12 bits per heavy atom. The predicted octanol–water partition coefficient (Wildman–Crippen LogP) is 0.897. The van der Waals surface area contributed by atoms with Gasteiger partial charge in [0.2, 0.25) is 0 Å². The lowest BCUT2D eigenvalue weighted by Gasteiger charge is -2.07. The van der Waals surface area contributed by atoms with E-state index in [4.69, 9.17) is 11.0 Å². The molecule has 0 aliphatic heterocycles. The van der Waals surface area contributed by atoms with Crippen LogP contribution >= 0.6 is 11.3 Å². The first-order valence-electron chi connectivity index (χ1n) is 4.76. The zero-order valence-electron chi connectivity index (χ0n) is 8.73. The molecule has 0 spiro atoms. The zero-order valence-corrected chi connectivity index (χ0v) is 9.54. The van der Waals surface area contributed by atoms with Crippen molar-refractivity contribution in [2.75, 3.05) is 11.1 Å². The second kappa shape index (κ2) is 4.67. The molecule has 0 bridgehead atoms. The molecule has 0 saturated heterocycles. The summed E-state index contributed by atoms with van der Waals surface area (Å²) in [6.45, 7) is 0.408. The van der Waals surface area contributed by atoms with Gasteiger partial charge >= 0.3 is 4.87 Å². The first-order valence-corrected chi connectivity index (χ1v) is 5.64. The molecule has 4 N–H and O–H groups in total. The molecule has 7 heteroatoms. The van der Waals surface area contributed by atoms with Crippen LogP contribution in [-0.4, -0.2) is 9.97 Å². The molecule has 2 rings (SSSR count). The van der Waals surface area contributed by atoms with Crippen molar-refractivity contribution in [2.24, 2.45) is 0 Å². The standard InChI is InChI=1S/C10H9N5OS/c11-3-6-1-2-13-9(8(6)12)14-4-7-5-17-10(16)15-7/h1-2,5H,4,12H2,(H,13,14)(H,15,16). The van der Waals surface area contributed by atoms with Gasteiger partial charge in [-0.3, -0.25) is 4.79 Å². The number of H-pyrrole nitrogens is 1. The molecule has 17 heavy (non-hydrogen) atoms. The molecule has 0 saturated carbocycles. The molecule has 0 atom stereocenters. The van der Waals surface area contributed by atoms with Gasteiger partial charge in [0.05, 0.1) is 17.8 Å². The minimum absolute atomic E-state index is 0.103. The average Bonchev–Trinajstić information content (AvgIpc) is 2.74. The highest BCUT2D eigenvalue weighted by Crippen LogP contribution is 2.19. The summed E-state index contributed by atoms with van der Waals surface area (Å²) in [6, 6.07) is 3.53. The van der Waals surface area contributed by atoms with Crippen LogP contribution < -0.4 is 15.9 Å². The molecule has 0 unspecified atom stereocenters. The highest BCUT2D eigenvalue weighted by atomic mass is 32.1. The Balaban J connectivity index is 2.15. The number of nitrogens with one attached hydrogen (secondary N) is 2. The van der Waals surface area contributed by atoms with Crippen LogP contribution in [0.4, 0.5) is 11.5 Å². The molecule has 2 heterocycles. The number of thiazole rings is 1. The fraction of sp³-hybridized carbons (Fsp3) is 0.100. The Labute approximate surface area is 101 Å². The van der Waals surface area contributed by atoms with Crippen LogP contribution in [0.5, 0.6) is 0 Å². The van der Waals surface area contributed by atoms with Gasteiger partial charge in [-0.2, -0.15) is 5.26 Å². The summed E-state index contributed by atoms with van der Waals surface area (Å²) in [5.41, 5.74) is 7.19. The minimum atomic E-state index is -0.103. The summed E-state index contributed by atoms with van der Waals surface area (Å²) in [7, 11) is 0. The highest BCUT2D eigenvalue weighted by molar-refractivity contribution is 7.07. The third-order valence-corrected chi connectivity index (χ3v) is 2.85. The van der Waals surface area contributed by atoms with Crippen LogP contribution in [0.15, 0.2) is 22.4 Å². The number of pyridine rings is 1. The molecule has 0 aliphatic carbocycles. The molecular formula is C10H9N5OS. The van der Waals surface area contributed by atoms with E-state index >= 15 is 0 Å². The first kappa shape index (κ1) is 11.2. The molecule has 0 radical (unpaired) electrons. The predicted molar refractivity (Wildman–Crippen MR) is 65.6 cm³/mol. The monoisotopic (exact) mass is 247 g/mol. The summed E-state index contributed by atoms with van der Waals surface area (Å²) < 4.78 is 0. The van der Waals surface area contributed by atoms with E-state index in [0.29, 0.717) is 23.6 Å². The van der Waals surface area contributed by atoms with Gasteiger partial charge in [-0.05, 0) is 6.07 Å². The normalized spacial score (nSPS) is 9.82. The van der Waals surface area contributed by atoms with E-state index < -0.39 is 0 Å². The summed E-state index contributed by atoms with van der Waals surface area (Å²) in [5.74, 6) is 0.441. The van der Waals surface area contributed by atoms with Crippen molar-refractivity contribution < 1.29 is 0 Å². The fourth-order valence-electron chi connectivity index (χ4n) is 1.29. The van der Waals surface area contributed by atoms with Crippen molar-refractivity contribution in [3.8, 4) is 6.07 Å². The van der Waals surface area contributed by atoms with Crippen LogP contribution in [0, 0.1) is 11.3 Å². The quantitative estimate of drug-likeness (QED) is 0.746. The van der Waals surface area contributed by atoms with Gasteiger partial charge in [0.25, 0.3) is 0 Å². The Bertz CT molecular complexity index is 624. The van der Waals surface area contributed by atoms with E-state index in [1.807, 2.05) is 6.07 Å². The topological polar surface area (TPSA) is 108 Å². The summed E-state index contributed by atoms with van der Waals surface area (Å²) in [4.78, 5) is 17.5. The number of nitriles is 1. The molecule has 0 amide bonds. The second-order valence-corrected chi connectivity index (χ2v) is 4.10. The molecule has 0 aromatic carbocycles. The average molecular weight is 247 g/mol. The van der Waals surface area contributed by atoms with Crippen molar-refractivity contribution in [1.29, 1.82) is 5.26 Å². The van der Waals surface area contributed by atoms with Crippen LogP contribution in [-0.2, 0) is 6.54 Å². The first-order chi connectivity index (χ1) is 8.20. The fourth-order valence-corrected chi connectivity index (χ4v) is 1.87. The van der Waals surface area contributed by atoms with Crippen molar-refractivity contribution in [3.05, 3.63) is 38.6 Å². The number of anilines is 2. The molecule has 86 valence electrons. The Kier molecular flexibility index (Phi) is 3.07. The molecule has 0 aliphatic rings. The van der Waals surface area contributed by atoms with Gasteiger partial charge in [-0.1, -0.05) is 11.3 Å². The van der Waals surface area contributed by atoms with Gasteiger partial charge in [-0.25, -0.2) is 4.98 Å². The summed E-state index contributed by atoms with van der Waals surface area (Å²) in [5, 5.41) is 13.5. The summed E-state index contributed by atoms with van der Waals surface area (Å²) >= 11 is 1.10. The third kappa shape index (κ3) is 2.43. The molecule has 6 nitrogen and oxygen atoms in total. The van der Waals surface area contributed by atoms with Crippen LogP contribution in [0.1, 0.15) is 11.3 Å². The maximum atomic E-state index is 10.9. The smallest absolute Gasteiger partial charge is 0.304 e. The van der Waals surface area contributed by atoms with E-state index in [1.54, 1.807) is 11.4 Å².